The molecule has 148 valence electrons. The number of benzene rings is 2. The van der Waals surface area contributed by atoms with E-state index in [4.69, 9.17) is 20.5 Å². The van der Waals surface area contributed by atoms with Gasteiger partial charge in [-0.25, -0.2) is 8.42 Å². The predicted octanol–water partition coefficient (Wildman–Crippen LogP) is 5.07. The van der Waals surface area contributed by atoms with E-state index in [0.29, 0.717) is 22.4 Å². The highest BCUT2D eigenvalue weighted by molar-refractivity contribution is 7.89. The van der Waals surface area contributed by atoms with Crippen LogP contribution in [-0.2, 0) is 21.3 Å². The summed E-state index contributed by atoms with van der Waals surface area (Å²) in [6.45, 7) is 1.93. The smallest absolute Gasteiger partial charge is 0.293 e. The van der Waals surface area contributed by atoms with E-state index < -0.39 is 9.84 Å². The number of rotatable bonds is 6. The Kier molecular flexibility index (Phi) is 5.25. The number of aryl methyl sites for hydroxylation is 1. The van der Waals surface area contributed by atoms with Gasteiger partial charge in [0.25, 0.3) is 5.89 Å². The third-order valence-electron chi connectivity index (χ3n) is 4.23. The van der Waals surface area contributed by atoms with Crippen LogP contribution in [-0.4, -0.2) is 18.6 Å². The van der Waals surface area contributed by atoms with Gasteiger partial charge >= 0.3 is 0 Å². The molecular weight excluding hydrogens is 412 g/mol. The summed E-state index contributed by atoms with van der Waals surface area (Å²) >= 11 is 5.89. The number of halogens is 1. The van der Waals surface area contributed by atoms with Gasteiger partial charge in [0.2, 0.25) is 5.82 Å². The first-order valence-electron chi connectivity index (χ1n) is 8.83. The standard InChI is InChI=1S/C21H17ClN2O4S/c1-14-3-2-4-15(11-14)12-29(25,26)13-18-9-10-19(27-18)21-23-20(24-28-21)16-5-7-17(22)8-6-16/h2-11H,12-13H2,1H3. The van der Waals surface area contributed by atoms with E-state index in [9.17, 15) is 8.42 Å². The molecule has 0 spiro atoms. The maximum Gasteiger partial charge on any atom is 0.293 e. The van der Waals surface area contributed by atoms with Crippen LogP contribution in [0.3, 0.4) is 0 Å². The largest absolute Gasteiger partial charge is 0.455 e. The maximum atomic E-state index is 12.5. The molecule has 0 saturated carbocycles. The lowest BCUT2D eigenvalue weighted by molar-refractivity contribution is 0.413. The average Bonchev–Trinajstić information content (AvgIpc) is 3.31. The molecule has 0 fully saturated rings. The summed E-state index contributed by atoms with van der Waals surface area (Å²) in [5.74, 6) is 0.946. The molecule has 2 aromatic heterocycles. The van der Waals surface area contributed by atoms with Gasteiger partial charge in [-0.05, 0) is 48.9 Å². The Morgan fingerprint density at radius 3 is 2.55 bits per heavy atom. The van der Waals surface area contributed by atoms with Gasteiger partial charge in [-0.15, -0.1) is 0 Å². The van der Waals surface area contributed by atoms with Crippen molar-refractivity contribution in [2.24, 2.45) is 0 Å². The Morgan fingerprint density at radius 1 is 1.00 bits per heavy atom. The second-order valence-electron chi connectivity index (χ2n) is 6.72. The van der Waals surface area contributed by atoms with Gasteiger partial charge < -0.3 is 8.94 Å². The summed E-state index contributed by atoms with van der Waals surface area (Å²) in [5, 5.41) is 4.54. The Balaban J connectivity index is 1.49. The van der Waals surface area contributed by atoms with Crippen LogP contribution in [0.4, 0.5) is 0 Å². The number of furan rings is 1. The van der Waals surface area contributed by atoms with E-state index in [-0.39, 0.29) is 17.4 Å². The number of nitrogens with zero attached hydrogens (tertiary/aromatic N) is 2. The van der Waals surface area contributed by atoms with Crippen LogP contribution >= 0.6 is 11.6 Å². The third-order valence-corrected chi connectivity index (χ3v) is 5.98. The second-order valence-corrected chi connectivity index (χ2v) is 9.22. The predicted molar refractivity (Wildman–Crippen MR) is 110 cm³/mol. The van der Waals surface area contributed by atoms with Crippen LogP contribution in [0.25, 0.3) is 23.0 Å². The molecule has 0 aliphatic rings. The minimum atomic E-state index is -3.39. The fraction of sp³-hybridized carbons (Fsp3) is 0.143. The monoisotopic (exact) mass is 428 g/mol. The maximum absolute atomic E-state index is 12.5. The van der Waals surface area contributed by atoms with Crippen molar-refractivity contribution < 1.29 is 17.4 Å². The molecule has 0 unspecified atom stereocenters. The lowest BCUT2D eigenvalue weighted by Gasteiger charge is -2.04. The molecule has 2 aromatic carbocycles. The van der Waals surface area contributed by atoms with Gasteiger partial charge in [0.15, 0.2) is 15.6 Å². The van der Waals surface area contributed by atoms with Crippen LogP contribution in [0.2, 0.25) is 5.02 Å². The van der Waals surface area contributed by atoms with Crippen LogP contribution in [0.1, 0.15) is 16.9 Å². The van der Waals surface area contributed by atoms with E-state index in [1.165, 1.54) is 0 Å². The quantitative estimate of drug-likeness (QED) is 0.426. The topological polar surface area (TPSA) is 86.2 Å². The Hall–Kier alpha value is -2.90. The fourth-order valence-corrected chi connectivity index (χ4v) is 4.44. The first kappa shape index (κ1) is 19.4. The van der Waals surface area contributed by atoms with Crippen molar-refractivity contribution >= 4 is 21.4 Å². The molecule has 0 atom stereocenters. The van der Waals surface area contributed by atoms with E-state index in [1.807, 2.05) is 25.1 Å². The highest BCUT2D eigenvalue weighted by Gasteiger charge is 2.19. The minimum Gasteiger partial charge on any atom is -0.455 e. The number of sulfone groups is 1. The first-order valence-corrected chi connectivity index (χ1v) is 11.0. The van der Waals surface area contributed by atoms with Crippen molar-refractivity contribution in [3.05, 3.63) is 82.6 Å². The molecule has 0 amide bonds. The molecule has 4 rings (SSSR count). The van der Waals surface area contributed by atoms with Gasteiger partial charge in [0.1, 0.15) is 11.5 Å². The molecule has 0 bridgehead atoms. The minimum absolute atomic E-state index is 0.0496. The molecular formula is C21H17ClN2O4S. The van der Waals surface area contributed by atoms with Crippen LogP contribution in [0.5, 0.6) is 0 Å². The molecule has 29 heavy (non-hydrogen) atoms. The fourth-order valence-electron chi connectivity index (χ4n) is 2.93. The molecule has 0 N–H and O–H groups in total. The molecule has 2 heterocycles. The Labute approximate surface area is 173 Å². The van der Waals surface area contributed by atoms with Crippen molar-refractivity contribution in [1.29, 1.82) is 0 Å². The van der Waals surface area contributed by atoms with Crippen molar-refractivity contribution in [3.8, 4) is 23.0 Å². The molecule has 0 aliphatic heterocycles. The van der Waals surface area contributed by atoms with E-state index in [2.05, 4.69) is 10.1 Å². The Bertz CT molecular complexity index is 1240. The van der Waals surface area contributed by atoms with Gasteiger partial charge in [0, 0.05) is 10.6 Å². The lowest BCUT2D eigenvalue weighted by atomic mass is 10.2. The van der Waals surface area contributed by atoms with E-state index in [1.54, 1.807) is 42.5 Å². The highest BCUT2D eigenvalue weighted by atomic mass is 35.5. The summed E-state index contributed by atoms with van der Waals surface area (Å²) in [7, 11) is -3.39. The summed E-state index contributed by atoms with van der Waals surface area (Å²) < 4.78 is 35.9. The van der Waals surface area contributed by atoms with E-state index >= 15 is 0 Å². The SMILES string of the molecule is Cc1cccc(CS(=O)(=O)Cc2ccc(-c3nc(-c4ccc(Cl)cc4)no3)o2)c1. The average molecular weight is 429 g/mol. The van der Waals surface area contributed by atoms with Crippen LogP contribution in [0.15, 0.2) is 69.6 Å². The number of hydrogen-bond donors (Lipinski definition) is 0. The summed E-state index contributed by atoms with van der Waals surface area (Å²) in [4.78, 5) is 4.30. The molecule has 0 radical (unpaired) electrons. The van der Waals surface area contributed by atoms with Crippen molar-refractivity contribution in [2.75, 3.05) is 0 Å². The van der Waals surface area contributed by atoms with Gasteiger partial charge in [0.05, 0.1) is 5.75 Å². The first-order chi connectivity index (χ1) is 13.9. The summed E-state index contributed by atoms with van der Waals surface area (Å²) in [6, 6.07) is 17.7. The van der Waals surface area contributed by atoms with Crippen molar-refractivity contribution in [2.45, 2.75) is 18.4 Å². The van der Waals surface area contributed by atoms with Crippen LogP contribution in [0, 0.1) is 6.92 Å². The zero-order valence-electron chi connectivity index (χ0n) is 15.5. The summed E-state index contributed by atoms with van der Waals surface area (Å²) in [6.07, 6.45) is 0. The van der Waals surface area contributed by atoms with Gasteiger partial charge in [-0.2, -0.15) is 4.98 Å². The van der Waals surface area contributed by atoms with Crippen molar-refractivity contribution in [3.63, 3.8) is 0 Å². The normalized spacial score (nSPS) is 11.7. The van der Waals surface area contributed by atoms with Crippen molar-refractivity contribution in [1.82, 2.24) is 10.1 Å². The molecule has 4 aromatic rings. The van der Waals surface area contributed by atoms with Gasteiger partial charge in [-0.1, -0.05) is 46.6 Å². The molecule has 0 saturated heterocycles. The van der Waals surface area contributed by atoms with Crippen LogP contribution < -0.4 is 0 Å². The lowest BCUT2D eigenvalue weighted by Crippen LogP contribution is -2.07. The molecule has 8 heteroatoms. The molecule has 0 aliphatic carbocycles. The Morgan fingerprint density at radius 2 is 1.79 bits per heavy atom. The highest BCUT2D eigenvalue weighted by Crippen LogP contribution is 2.26. The third kappa shape index (κ3) is 4.75. The van der Waals surface area contributed by atoms with E-state index in [0.717, 1.165) is 16.7 Å². The van der Waals surface area contributed by atoms with Gasteiger partial charge in [-0.3, -0.25) is 0 Å². The number of aromatic nitrogens is 2. The zero-order chi connectivity index (χ0) is 20.4. The summed E-state index contributed by atoms with van der Waals surface area (Å²) in [5.41, 5.74) is 2.52. The second kappa shape index (κ2) is 7.85. The number of hydrogen-bond acceptors (Lipinski definition) is 6. The molecule has 6 nitrogen and oxygen atoms in total. The zero-order valence-corrected chi connectivity index (χ0v) is 17.1.